The normalized spacial score (nSPS) is 25.5. The summed E-state index contributed by atoms with van der Waals surface area (Å²) in [6, 6.07) is 5.65. The van der Waals surface area contributed by atoms with Crippen LogP contribution in [0.2, 0.25) is 0 Å². The maximum atomic E-state index is 12.6. The highest BCUT2D eigenvalue weighted by Crippen LogP contribution is 2.27. The Labute approximate surface area is 137 Å². The standard InChI is InChI=1S/C15H20N2O3S.ClH/c1-15(7-9-21(19,20)10-15)17-14(18)12-4-2-6-13-11(12)5-3-8-16-13;/h2,4,6,16H,3,5,7-10H2,1H3,(H,17,18);1H. The Kier molecular flexibility index (Phi) is 4.73. The molecule has 1 atom stereocenters. The molecule has 1 amide bonds. The Balaban J connectivity index is 0.00000176. The van der Waals surface area contributed by atoms with Gasteiger partial charge in [-0.25, -0.2) is 8.42 Å². The second-order valence-electron chi connectivity index (χ2n) is 6.22. The molecule has 1 saturated heterocycles. The molecule has 1 fully saturated rings. The minimum Gasteiger partial charge on any atom is -0.385 e. The molecule has 1 aromatic rings. The third-order valence-corrected chi connectivity index (χ3v) is 6.16. The van der Waals surface area contributed by atoms with Crippen LogP contribution >= 0.6 is 12.4 Å². The summed E-state index contributed by atoms with van der Waals surface area (Å²) in [5.74, 6) is 0.00667. The number of benzene rings is 1. The number of halogens is 1. The zero-order chi connectivity index (χ0) is 15.1. The Bertz CT molecular complexity index is 690. The number of hydrogen-bond acceptors (Lipinski definition) is 4. The highest BCUT2D eigenvalue weighted by Gasteiger charge is 2.39. The van der Waals surface area contributed by atoms with E-state index in [-0.39, 0.29) is 29.8 Å². The van der Waals surface area contributed by atoms with Crippen LogP contribution in [0.15, 0.2) is 18.2 Å². The number of nitrogens with one attached hydrogen (secondary N) is 2. The number of amides is 1. The van der Waals surface area contributed by atoms with E-state index in [0.717, 1.165) is 30.6 Å². The second-order valence-corrected chi connectivity index (χ2v) is 8.40. The summed E-state index contributed by atoms with van der Waals surface area (Å²) in [6.45, 7) is 2.73. The van der Waals surface area contributed by atoms with Crippen molar-refractivity contribution in [2.75, 3.05) is 23.4 Å². The lowest BCUT2D eigenvalue weighted by Crippen LogP contribution is -2.47. The molecule has 2 aliphatic rings. The minimum absolute atomic E-state index is 0. The smallest absolute Gasteiger partial charge is 0.252 e. The molecule has 22 heavy (non-hydrogen) atoms. The van der Waals surface area contributed by atoms with Crippen LogP contribution in [-0.2, 0) is 16.3 Å². The largest absolute Gasteiger partial charge is 0.385 e. The summed E-state index contributed by atoms with van der Waals surface area (Å²) < 4.78 is 23.3. The van der Waals surface area contributed by atoms with E-state index in [9.17, 15) is 13.2 Å². The lowest BCUT2D eigenvalue weighted by atomic mass is 9.95. The fourth-order valence-corrected chi connectivity index (χ4v) is 5.27. The Morgan fingerprint density at radius 2 is 2.14 bits per heavy atom. The summed E-state index contributed by atoms with van der Waals surface area (Å²) >= 11 is 0. The summed E-state index contributed by atoms with van der Waals surface area (Å²) in [5.41, 5.74) is 2.05. The van der Waals surface area contributed by atoms with E-state index in [1.54, 1.807) is 0 Å². The van der Waals surface area contributed by atoms with Crippen LogP contribution < -0.4 is 10.6 Å². The van der Waals surface area contributed by atoms with E-state index in [2.05, 4.69) is 10.6 Å². The fraction of sp³-hybridized carbons (Fsp3) is 0.533. The molecule has 0 bridgehead atoms. The molecule has 2 N–H and O–H groups in total. The second kappa shape index (κ2) is 6.08. The molecule has 0 aromatic heterocycles. The summed E-state index contributed by atoms with van der Waals surface area (Å²) in [7, 11) is -3.03. The lowest BCUT2D eigenvalue weighted by Gasteiger charge is -2.26. The van der Waals surface area contributed by atoms with Crippen molar-refractivity contribution in [3.63, 3.8) is 0 Å². The van der Waals surface area contributed by atoms with Crippen LogP contribution in [0.3, 0.4) is 0 Å². The van der Waals surface area contributed by atoms with Crippen LogP contribution in [0, 0.1) is 0 Å². The fourth-order valence-electron chi connectivity index (χ4n) is 3.17. The van der Waals surface area contributed by atoms with Crippen molar-refractivity contribution in [3.8, 4) is 0 Å². The van der Waals surface area contributed by atoms with Gasteiger partial charge in [-0.2, -0.15) is 0 Å². The molecular weight excluding hydrogens is 324 g/mol. The van der Waals surface area contributed by atoms with Gasteiger partial charge < -0.3 is 10.6 Å². The SMILES string of the molecule is CC1(NC(=O)c2cccc3c2CCCN3)CCS(=O)(=O)C1.Cl. The minimum atomic E-state index is -3.03. The third kappa shape index (κ3) is 3.38. The lowest BCUT2D eigenvalue weighted by molar-refractivity contribution is 0.0914. The van der Waals surface area contributed by atoms with Gasteiger partial charge in [0.05, 0.1) is 17.0 Å². The van der Waals surface area contributed by atoms with Gasteiger partial charge in [-0.15, -0.1) is 12.4 Å². The van der Waals surface area contributed by atoms with Crippen molar-refractivity contribution in [2.24, 2.45) is 0 Å². The predicted octanol–water partition coefficient (Wildman–Crippen LogP) is 1.77. The molecule has 0 spiro atoms. The van der Waals surface area contributed by atoms with Gasteiger partial charge in [-0.1, -0.05) is 6.07 Å². The average Bonchev–Trinajstić information content (AvgIpc) is 2.71. The quantitative estimate of drug-likeness (QED) is 0.857. The van der Waals surface area contributed by atoms with E-state index in [1.165, 1.54) is 0 Å². The van der Waals surface area contributed by atoms with Crippen molar-refractivity contribution < 1.29 is 13.2 Å². The predicted molar refractivity (Wildman–Crippen MR) is 89.6 cm³/mol. The third-order valence-electron chi connectivity index (χ3n) is 4.26. The van der Waals surface area contributed by atoms with Crippen LogP contribution in [0.1, 0.15) is 35.7 Å². The van der Waals surface area contributed by atoms with Crippen molar-refractivity contribution in [1.82, 2.24) is 5.32 Å². The van der Waals surface area contributed by atoms with Gasteiger partial charge in [0.25, 0.3) is 5.91 Å². The molecule has 2 heterocycles. The van der Waals surface area contributed by atoms with Gasteiger partial charge in [-0.3, -0.25) is 4.79 Å². The molecule has 0 aliphatic carbocycles. The van der Waals surface area contributed by atoms with Crippen molar-refractivity contribution in [1.29, 1.82) is 0 Å². The highest BCUT2D eigenvalue weighted by atomic mass is 35.5. The van der Waals surface area contributed by atoms with Gasteiger partial charge in [0, 0.05) is 17.8 Å². The molecule has 3 rings (SSSR count). The maximum Gasteiger partial charge on any atom is 0.252 e. The van der Waals surface area contributed by atoms with Gasteiger partial charge in [0.1, 0.15) is 0 Å². The first kappa shape index (κ1) is 17.1. The Hall–Kier alpha value is -1.27. The zero-order valence-corrected chi connectivity index (χ0v) is 14.1. The van der Waals surface area contributed by atoms with E-state index < -0.39 is 15.4 Å². The molecule has 5 nitrogen and oxygen atoms in total. The van der Waals surface area contributed by atoms with Gasteiger partial charge in [0.2, 0.25) is 0 Å². The number of fused-ring (bicyclic) bond motifs is 1. The molecule has 2 aliphatic heterocycles. The summed E-state index contributed by atoms with van der Waals surface area (Å²) in [5, 5.41) is 6.23. The van der Waals surface area contributed by atoms with E-state index in [0.29, 0.717) is 12.0 Å². The summed E-state index contributed by atoms with van der Waals surface area (Å²) in [6.07, 6.45) is 2.36. The molecule has 1 unspecified atom stereocenters. The topological polar surface area (TPSA) is 75.3 Å². The average molecular weight is 345 g/mol. The molecule has 1 aromatic carbocycles. The monoisotopic (exact) mass is 344 g/mol. The number of rotatable bonds is 2. The highest BCUT2D eigenvalue weighted by molar-refractivity contribution is 7.91. The molecule has 0 saturated carbocycles. The van der Waals surface area contributed by atoms with Gasteiger partial charge in [0.15, 0.2) is 9.84 Å². The number of sulfone groups is 1. The van der Waals surface area contributed by atoms with Crippen molar-refractivity contribution in [3.05, 3.63) is 29.3 Å². The number of hydrogen-bond donors (Lipinski definition) is 2. The van der Waals surface area contributed by atoms with Crippen LogP contribution in [0.5, 0.6) is 0 Å². The Morgan fingerprint density at radius 3 is 2.82 bits per heavy atom. The van der Waals surface area contributed by atoms with Gasteiger partial charge in [-0.05, 0) is 43.9 Å². The maximum absolute atomic E-state index is 12.6. The van der Waals surface area contributed by atoms with Crippen molar-refractivity contribution >= 4 is 33.8 Å². The Morgan fingerprint density at radius 1 is 1.36 bits per heavy atom. The zero-order valence-electron chi connectivity index (χ0n) is 12.5. The van der Waals surface area contributed by atoms with Crippen molar-refractivity contribution in [2.45, 2.75) is 31.7 Å². The van der Waals surface area contributed by atoms with Crippen LogP contribution in [0.4, 0.5) is 5.69 Å². The molecule has 122 valence electrons. The van der Waals surface area contributed by atoms with Crippen LogP contribution in [-0.4, -0.2) is 37.9 Å². The number of carbonyl (C=O) groups is 1. The van der Waals surface area contributed by atoms with Crippen LogP contribution in [0.25, 0.3) is 0 Å². The van der Waals surface area contributed by atoms with E-state index in [4.69, 9.17) is 0 Å². The first-order valence-corrected chi connectivity index (χ1v) is 9.09. The number of carbonyl (C=O) groups excluding carboxylic acids is 1. The molecule has 0 radical (unpaired) electrons. The molecule has 7 heteroatoms. The molecular formula is C15H21ClN2O3S. The first-order chi connectivity index (χ1) is 9.89. The van der Waals surface area contributed by atoms with E-state index >= 15 is 0 Å². The van der Waals surface area contributed by atoms with E-state index in [1.807, 2.05) is 25.1 Å². The number of anilines is 1. The van der Waals surface area contributed by atoms with Gasteiger partial charge >= 0.3 is 0 Å². The first-order valence-electron chi connectivity index (χ1n) is 7.27. The summed E-state index contributed by atoms with van der Waals surface area (Å²) in [4.78, 5) is 12.6.